The van der Waals surface area contributed by atoms with E-state index >= 15 is 0 Å². The first-order chi connectivity index (χ1) is 16.0. The quantitative estimate of drug-likeness (QED) is 0.389. The summed E-state index contributed by atoms with van der Waals surface area (Å²) in [6.07, 6.45) is 1.95. The molecule has 166 valence electrons. The van der Waals surface area contributed by atoms with E-state index in [9.17, 15) is 14.0 Å². The van der Waals surface area contributed by atoms with Gasteiger partial charge in [-0.2, -0.15) is 0 Å². The van der Waals surface area contributed by atoms with Gasteiger partial charge in [0.05, 0.1) is 17.4 Å². The largest absolute Gasteiger partial charge is 0.441 e. The van der Waals surface area contributed by atoms with E-state index in [1.807, 2.05) is 31.2 Å². The molecule has 33 heavy (non-hydrogen) atoms. The average molecular weight is 443 g/mol. The molecule has 6 nitrogen and oxygen atoms in total. The van der Waals surface area contributed by atoms with Crippen molar-refractivity contribution in [3.63, 3.8) is 0 Å². The zero-order chi connectivity index (χ0) is 23.2. The molecular weight excluding hydrogens is 421 g/mol. The standard InChI is InChI=1S/C26H22FN3O3/c1-17-5-4-6-20(15-17)29-26(32)21-7-2-3-8-22(21)30-24(31)13-14-25-28-16-23(33-25)18-9-11-19(27)12-10-18/h2-12,15-16H,13-14H2,1H3,(H,29,32)(H,30,31). The van der Waals surface area contributed by atoms with Crippen molar-refractivity contribution in [1.82, 2.24) is 4.98 Å². The number of halogens is 1. The van der Waals surface area contributed by atoms with E-state index in [0.29, 0.717) is 34.2 Å². The van der Waals surface area contributed by atoms with Gasteiger partial charge in [0.1, 0.15) is 5.82 Å². The molecule has 4 rings (SSSR count). The van der Waals surface area contributed by atoms with E-state index < -0.39 is 0 Å². The van der Waals surface area contributed by atoms with Crippen molar-refractivity contribution in [3.05, 3.63) is 102 Å². The number of nitrogens with zero attached hydrogens (tertiary/aromatic N) is 1. The van der Waals surface area contributed by atoms with E-state index in [4.69, 9.17) is 4.42 Å². The number of carbonyl (C=O) groups is 2. The molecule has 3 aromatic carbocycles. The molecule has 0 spiro atoms. The van der Waals surface area contributed by atoms with E-state index in [-0.39, 0.29) is 30.5 Å². The summed E-state index contributed by atoms with van der Waals surface area (Å²) in [6.45, 7) is 1.94. The summed E-state index contributed by atoms with van der Waals surface area (Å²) in [6, 6.07) is 20.2. The number of oxazole rings is 1. The van der Waals surface area contributed by atoms with E-state index in [2.05, 4.69) is 15.6 Å². The molecule has 1 heterocycles. The lowest BCUT2D eigenvalue weighted by atomic mass is 10.1. The summed E-state index contributed by atoms with van der Waals surface area (Å²) in [7, 11) is 0. The molecule has 0 bridgehead atoms. The van der Waals surface area contributed by atoms with Gasteiger partial charge >= 0.3 is 0 Å². The zero-order valence-electron chi connectivity index (χ0n) is 18.0. The zero-order valence-corrected chi connectivity index (χ0v) is 18.0. The van der Waals surface area contributed by atoms with Gasteiger partial charge in [0.15, 0.2) is 11.7 Å². The van der Waals surface area contributed by atoms with Crippen LogP contribution < -0.4 is 10.6 Å². The van der Waals surface area contributed by atoms with Crippen LogP contribution in [0.15, 0.2) is 83.4 Å². The first-order valence-corrected chi connectivity index (χ1v) is 10.5. The highest BCUT2D eigenvalue weighted by Gasteiger charge is 2.15. The van der Waals surface area contributed by atoms with Crippen LogP contribution in [0.25, 0.3) is 11.3 Å². The van der Waals surface area contributed by atoms with Crippen molar-refractivity contribution in [3.8, 4) is 11.3 Å². The Bertz CT molecular complexity index is 1280. The van der Waals surface area contributed by atoms with Crippen LogP contribution in [0.2, 0.25) is 0 Å². The number of aryl methyl sites for hydroxylation is 2. The summed E-state index contributed by atoms with van der Waals surface area (Å²) in [4.78, 5) is 29.5. The van der Waals surface area contributed by atoms with Gasteiger partial charge in [0.2, 0.25) is 5.91 Å². The lowest BCUT2D eigenvalue weighted by Gasteiger charge is -2.11. The third-order valence-electron chi connectivity index (χ3n) is 4.97. The van der Waals surface area contributed by atoms with Gasteiger partial charge < -0.3 is 15.1 Å². The molecule has 0 aliphatic rings. The molecule has 0 aliphatic carbocycles. The maximum absolute atomic E-state index is 13.1. The van der Waals surface area contributed by atoms with Crippen LogP contribution in [0.4, 0.5) is 15.8 Å². The van der Waals surface area contributed by atoms with E-state index in [0.717, 1.165) is 5.56 Å². The van der Waals surface area contributed by atoms with Crippen molar-refractivity contribution in [2.75, 3.05) is 10.6 Å². The van der Waals surface area contributed by atoms with Gasteiger partial charge in [0, 0.05) is 24.1 Å². The molecule has 0 saturated heterocycles. The van der Waals surface area contributed by atoms with Gasteiger partial charge in [-0.05, 0) is 61.0 Å². The number of rotatable bonds is 7. The highest BCUT2D eigenvalue weighted by Crippen LogP contribution is 2.22. The molecular formula is C26H22FN3O3. The highest BCUT2D eigenvalue weighted by molar-refractivity contribution is 6.10. The van der Waals surface area contributed by atoms with E-state index in [1.54, 1.807) is 42.6 Å². The summed E-state index contributed by atoms with van der Waals surface area (Å²) in [5, 5.41) is 5.65. The van der Waals surface area contributed by atoms with Crippen LogP contribution in [0, 0.1) is 12.7 Å². The lowest BCUT2D eigenvalue weighted by Crippen LogP contribution is -2.18. The molecule has 0 unspecified atom stereocenters. The van der Waals surface area contributed by atoms with Gasteiger partial charge in [-0.1, -0.05) is 24.3 Å². The van der Waals surface area contributed by atoms with E-state index in [1.165, 1.54) is 12.1 Å². The van der Waals surface area contributed by atoms with Gasteiger partial charge in [-0.3, -0.25) is 9.59 Å². The maximum atomic E-state index is 13.1. The van der Waals surface area contributed by atoms with Crippen molar-refractivity contribution >= 4 is 23.2 Å². The molecule has 1 aromatic heterocycles. The molecule has 7 heteroatoms. The minimum atomic E-state index is -0.331. The van der Waals surface area contributed by atoms with Crippen LogP contribution in [-0.2, 0) is 11.2 Å². The normalized spacial score (nSPS) is 10.6. The monoisotopic (exact) mass is 443 g/mol. The first kappa shape index (κ1) is 22.0. The molecule has 0 atom stereocenters. The van der Waals surface area contributed by atoms with Gasteiger partial charge in [0.25, 0.3) is 5.91 Å². The van der Waals surface area contributed by atoms with Crippen molar-refractivity contribution in [1.29, 1.82) is 0 Å². The number of nitrogens with one attached hydrogen (secondary N) is 2. The second-order valence-corrected chi connectivity index (χ2v) is 7.54. The Labute approximate surface area is 190 Å². The number of aromatic nitrogens is 1. The number of anilines is 2. The topological polar surface area (TPSA) is 84.2 Å². The van der Waals surface area contributed by atoms with Crippen molar-refractivity contribution < 1.29 is 18.4 Å². The predicted octanol–water partition coefficient (Wildman–Crippen LogP) is 5.61. The van der Waals surface area contributed by atoms with Crippen molar-refractivity contribution in [2.45, 2.75) is 19.8 Å². The van der Waals surface area contributed by atoms with Crippen LogP contribution in [0.3, 0.4) is 0 Å². The third kappa shape index (κ3) is 5.71. The van der Waals surface area contributed by atoms with Crippen molar-refractivity contribution in [2.24, 2.45) is 0 Å². The number of hydrogen-bond donors (Lipinski definition) is 2. The number of carbonyl (C=O) groups excluding carboxylic acids is 2. The second kappa shape index (κ2) is 9.91. The fourth-order valence-corrected chi connectivity index (χ4v) is 3.32. The van der Waals surface area contributed by atoms with Crippen LogP contribution >= 0.6 is 0 Å². The number of para-hydroxylation sites is 1. The molecule has 0 aliphatic heterocycles. The Morgan fingerprint density at radius 2 is 1.76 bits per heavy atom. The summed E-state index contributed by atoms with van der Waals surface area (Å²) < 4.78 is 18.8. The number of hydrogen-bond acceptors (Lipinski definition) is 4. The molecule has 0 fully saturated rings. The fraction of sp³-hybridized carbons (Fsp3) is 0.115. The molecule has 0 saturated carbocycles. The highest BCUT2D eigenvalue weighted by atomic mass is 19.1. The van der Waals surface area contributed by atoms with Gasteiger partial charge in [-0.15, -0.1) is 0 Å². The minimum Gasteiger partial charge on any atom is -0.441 e. The summed E-state index contributed by atoms with van der Waals surface area (Å²) in [5.74, 6) is -0.0120. The minimum absolute atomic E-state index is 0.122. The van der Waals surface area contributed by atoms with Crippen LogP contribution in [-0.4, -0.2) is 16.8 Å². The Morgan fingerprint density at radius 3 is 2.55 bits per heavy atom. The van der Waals surface area contributed by atoms with Gasteiger partial charge in [-0.25, -0.2) is 9.37 Å². The second-order valence-electron chi connectivity index (χ2n) is 7.54. The van der Waals surface area contributed by atoms with Crippen LogP contribution in [0.5, 0.6) is 0 Å². The maximum Gasteiger partial charge on any atom is 0.257 e. The molecule has 2 N–H and O–H groups in total. The fourth-order valence-electron chi connectivity index (χ4n) is 3.32. The molecule has 4 aromatic rings. The Morgan fingerprint density at radius 1 is 0.970 bits per heavy atom. The predicted molar refractivity (Wildman–Crippen MR) is 124 cm³/mol. The number of benzene rings is 3. The first-order valence-electron chi connectivity index (χ1n) is 10.5. The molecule has 2 amide bonds. The lowest BCUT2D eigenvalue weighted by molar-refractivity contribution is -0.116. The SMILES string of the molecule is Cc1cccc(NC(=O)c2ccccc2NC(=O)CCc2ncc(-c3ccc(F)cc3)o2)c1. The summed E-state index contributed by atoms with van der Waals surface area (Å²) in [5.41, 5.74) is 3.20. The molecule has 0 radical (unpaired) electrons. The Kier molecular flexibility index (Phi) is 6.59. The smallest absolute Gasteiger partial charge is 0.257 e. The Hall–Kier alpha value is -4.26. The number of amides is 2. The van der Waals surface area contributed by atoms with Crippen LogP contribution in [0.1, 0.15) is 28.2 Å². The summed E-state index contributed by atoms with van der Waals surface area (Å²) >= 11 is 0. The average Bonchev–Trinajstić information content (AvgIpc) is 3.28. The Balaban J connectivity index is 1.37. The third-order valence-corrected chi connectivity index (χ3v) is 4.97.